The highest BCUT2D eigenvalue weighted by Gasteiger charge is 2.17. The molecule has 4 aromatic carbocycles. The van der Waals surface area contributed by atoms with Crippen LogP contribution in [0.3, 0.4) is 0 Å². The lowest BCUT2D eigenvalue weighted by Crippen LogP contribution is -2.35. The quantitative estimate of drug-likeness (QED) is 0.171. The summed E-state index contributed by atoms with van der Waals surface area (Å²) in [5.41, 5.74) is 9.45. The van der Waals surface area contributed by atoms with Crippen LogP contribution >= 0.6 is 23.2 Å². The molecule has 224 valence electrons. The fourth-order valence-electron chi connectivity index (χ4n) is 4.26. The molecule has 0 heterocycles. The number of hydrogen-bond acceptors (Lipinski definition) is 5. The molecule has 1 unspecified atom stereocenters. The van der Waals surface area contributed by atoms with E-state index in [9.17, 15) is 9.90 Å². The Kier molecular flexibility index (Phi) is 12.6. The van der Waals surface area contributed by atoms with Crippen molar-refractivity contribution in [3.8, 4) is 35.2 Å². The number of carboxylic acids is 1. The zero-order valence-electron chi connectivity index (χ0n) is 24.0. The number of benzene rings is 4. The molecule has 0 amide bonds. The number of carboxylic acid groups (broad SMARTS) is 1. The van der Waals surface area contributed by atoms with Crippen LogP contribution in [-0.2, 0) is 17.9 Å². The fourth-order valence-corrected chi connectivity index (χ4v) is 4.51. The van der Waals surface area contributed by atoms with Crippen LogP contribution in [0.5, 0.6) is 11.5 Å². The van der Waals surface area contributed by atoms with Crippen LogP contribution in [0, 0.1) is 23.7 Å². The number of ether oxygens (including phenoxy) is 2. The lowest BCUT2D eigenvalue weighted by molar-refractivity contribution is -0.138. The molecular formula is C36H32Cl2N2O4. The molecule has 0 aliphatic carbocycles. The number of rotatable bonds is 12. The zero-order valence-corrected chi connectivity index (χ0v) is 25.5. The lowest BCUT2D eigenvalue weighted by Gasteiger charge is -2.25. The molecule has 0 aliphatic rings. The molecule has 0 bridgehead atoms. The second-order valence-corrected chi connectivity index (χ2v) is 10.7. The molecule has 3 N–H and O–H groups in total. The highest BCUT2D eigenvalue weighted by molar-refractivity contribution is 6.30. The molecule has 0 saturated heterocycles. The van der Waals surface area contributed by atoms with Crippen molar-refractivity contribution < 1.29 is 19.4 Å². The van der Waals surface area contributed by atoms with Crippen molar-refractivity contribution in [2.75, 3.05) is 19.8 Å². The van der Waals surface area contributed by atoms with Crippen LogP contribution in [0.4, 0.5) is 0 Å². The van der Waals surface area contributed by atoms with E-state index in [1.165, 1.54) is 0 Å². The summed E-state index contributed by atoms with van der Waals surface area (Å²) in [4.78, 5) is 13.6. The van der Waals surface area contributed by atoms with Gasteiger partial charge in [0.05, 0.1) is 0 Å². The first-order chi connectivity index (χ1) is 21.4. The van der Waals surface area contributed by atoms with Crippen molar-refractivity contribution in [1.82, 2.24) is 4.90 Å². The Hall–Kier alpha value is -4.43. The Bertz CT molecular complexity index is 1540. The number of hydrogen-bond donors (Lipinski definition) is 2. The predicted octanol–water partition coefficient (Wildman–Crippen LogP) is 6.66. The molecule has 4 rings (SSSR count). The molecule has 0 radical (unpaired) electrons. The zero-order chi connectivity index (χ0) is 31.1. The Labute approximate surface area is 268 Å². The molecule has 0 spiro atoms. The van der Waals surface area contributed by atoms with Crippen LogP contribution in [0.25, 0.3) is 0 Å². The maximum atomic E-state index is 11.4. The first-order valence-electron chi connectivity index (χ1n) is 14.0. The monoisotopic (exact) mass is 626 g/mol. The second-order valence-electron chi connectivity index (χ2n) is 9.85. The van der Waals surface area contributed by atoms with Gasteiger partial charge in [0.1, 0.15) is 30.8 Å². The Morgan fingerprint density at radius 1 is 0.727 bits per heavy atom. The van der Waals surface area contributed by atoms with Crippen molar-refractivity contribution in [2.45, 2.75) is 25.6 Å². The molecule has 1 atom stereocenters. The normalized spacial score (nSPS) is 11.1. The number of para-hydroxylation sites is 2. The van der Waals surface area contributed by atoms with Gasteiger partial charge in [-0.1, -0.05) is 83.3 Å². The minimum absolute atomic E-state index is 0.206. The van der Waals surface area contributed by atoms with E-state index < -0.39 is 12.0 Å². The third kappa shape index (κ3) is 10.7. The summed E-state index contributed by atoms with van der Waals surface area (Å²) >= 11 is 11.9. The average Bonchev–Trinajstić information content (AvgIpc) is 3.03. The molecule has 4 aromatic rings. The van der Waals surface area contributed by atoms with E-state index >= 15 is 0 Å². The largest absolute Gasteiger partial charge is 0.481 e. The molecule has 0 fully saturated rings. The van der Waals surface area contributed by atoms with E-state index in [-0.39, 0.29) is 19.6 Å². The number of carbonyl (C=O) groups is 1. The van der Waals surface area contributed by atoms with Gasteiger partial charge in [-0.05, 0) is 67.1 Å². The SMILES string of the molecule is NC(CCN(Cc1ccccc1OCC#Cc1ccc(Cl)cc1)Cc1ccccc1OCC#Cc1ccc(Cl)cc1)C(=O)O. The highest BCUT2D eigenvalue weighted by Crippen LogP contribution is 2.24. The summed E-state index contributed by atoms with van der Waals surface area (Å²) < 4.78 is 12.1. The van der Waals surface area contributed by atoms with Gasteiger partial charge < -0.3 is 20.3 Å². The predicted molar refractivity (Wildman–Crippen MR) is 175 cm³/mol. The molecule has 0 aromatic heterocycles. The van der Waals surface area contributed by atoms with Crippen LogP contribution in [0.2, 0.25) is 10.0 Å². The van der Waals surface area contributed by atoms with Gasteiger partial charge in [0.2, 0.25) is 0 Å². The minimum atomic E-state index is -1.03. The summed E-state index contributed by atoms with van der Waals surface area (Å²) in [7, 11) is 0. The van der Waals surface area contributed by atoms with Gasteiger partial charge in [-0.2, -0.15) is 0 Å². The summed E-state index contributed by atoms with van der Waals surface area (Å²) in [5, 5.41) is 10.7. The van der Waals surface area contributed by atoms with Gasteiger partial charge in [0.15, 0.2) is 0 Å². The average molecular weight is 628 g/mol. The number of halogens is 2. The number of aliphatic carboxylic acids is 1. The third-order valence-electron chi connectivity index (χ3n) is 6.56. The van der Waals surface area contributed by atoms with Gasteiger partial charge in [0, 0.05) is 51.9 Å². The van der Waals surface area contributed by atoms with E-state index in [1.807, 2.05) is 72.8 Å². The minimum Gasteiger partial charge on any atom is -0.481 e. The van der Waals surface area contributed by atoms with Gasteiger partial charge in [-0.15, -0.1) is 0 Å². The summed E-state index contributed by atoms with van der Waals surface area (Å²) in [5.74, 6) is 12.6. The van der Waals surface area contributed by atoms with Crippen molar-refractivity contribution in [3.05, 3.63) is 129 Å². The number of nitrogens with zero attached hydrogens (tertiary/aromatic N) is 1. The van der Waals surface area contributed by atoms with Crippen LogP contribution in [0.1, 0.15) is 28.7 Å². The lowest BCUT2D eigenvalue weighted by atomic mass is 10.1. The van der Waals surface area contributed by atoms with Crippen molar-refractivity contribution in [1.29, 1.82) is 0 Å². The van der Waals surface area contributed by atoms with Crippen LogP contribution in [-0.4, -0.2) is 41.8 Å². The molecular weight excluding hydrogens is 595 g/mol. The third-order valence-corrected chi connectivity index (χ3v) is 7.06. The highest BCUT2D eigenvalue weighted by atomic mass is 35.5. The van der Waals surface area contributed by atoms with Crippen molar-refractivity contribution >= 4 is 29.2 Å². The van der Waals surface area contributed by atoms with E-state index in [0.717, 1.165) is 22.3 Å². The summed E-state index contributed by atoms with van der Waals surface area (Å²) in [6, 6.07) is 29.1. The fraction of sp³-hybridized carbons (Fsp3) is 0.194. The maximum absolute atomic E-state index is 11.4. The van der Waals surface area contributed by atoms with Gasteiger partial charge in [0.25, 0.3) is 0 Å². The van der Waals surface area contributed by atoms with E-state index in [4.69, 9.17) is 38.4 Å². The van der Waals surface area contributed by atoms with E-state index in [0.29, 0.717) is 41.2 Å². The Balaban J connectivity index is 1.45. The van der Waals surface area contributed by atoms with Crippen LogP contribution in [0.15, 0.2) is 97.1 Å². The van der Waals surface area contributed by atoms with E-state index in [1.54, 1.807) is 24.3 Å². The first-order valence-corrected chi connectivity index (χ1v) is 14.7. The van der Waals surface area contributed by atoms with Crippen molar-refractivity contribution in [2.24, 2.45) is 5.73 Å². The standard InChI is InChI=1S/C36H32Cl2N2O4/c37-31-17-13-27(14-18-31)7-5-23-43-34-11-3-1-9-29(34)25-40(22-21-33(39)36(41)42)26-30-10-2-4-12-35(30)44-24-6-8-28-15-19-32(38)20-16-28/h1-4,9-20,33H,21-26,39H2,(H,41,42). The smallest absolute Gasteiger partial charge is 0.320 e. The van der Waals surface area contributed by atoms with E-state index in [2.05, 4.69) is 28.6 Å². The Morgan fingerprint density at radius 3 is 1.59 bits per heavy atom. The Morgan fingerprint density at radius 2 is 1.16 bits per heavy atom. The van der Waals surface area contributed by atoms with Crippen molar-refractivity contribution in [3.63, 3.8) is 0 Å². The van der Waals surface area contributed by atoms with Gasteiger partial charge in [-0.3, -0.25) is 9.69 Å². The molecule has 6 nitrogen and oxygen atoms in total. The first kappa shape index (κ1) is 32.5. The van der Waals surface area contributed by atoms with Crippen LogP contribution < -0.4 is 15.2 Å². The topological polar surface area (TPSA) is 85.0 Å². The molecule has 8 heteroatoms. The molecule has 0 saturated carbocycles. The second kappa shape index (κ2) is 17.0. The summed E-state index contributed by atoms with van der Waals surface area (Å²) in [6.45, 7) is 1.85. The molecule has 44 heavy (non-hydrogen) atoms. The summed E-state index contributed by atoms with van der Waals surface area (Å²) in [6.07, 6.45) is 0.278. The van der Waals surface area contributed by atoms with Gasteiger partial charge >= 0.3 is 5.97 Å². The maximum Gasteiger partial charge on any atom is 0.320 e. The number of nitrogens with two attached hydrogens (primary N) is 1. The van der Waals surface area contributed by atoms with Gasteiger partial charge in [-0.25, -0.2) is 0 Å². The molecule has 0 aliphatic heterocycles.